The normalized spacial score (nSPS) is 16.2. The molecular formula is C21H21N3O3S. The molecule has 3 aromatic rings. The molecule has 0 radical (unpaired) electrons. The molecule has 2 amide bonds. The van der Waals surface area contributed by atoms with Crippen LogP contribution in [0.25, 0.3) is 10.2 Å². The van der Waals surface area contributed by atoms with E-state index in [1.54, 1.807) is 29.2 Å². The molecule has 6 nitrogen and oxygen atoms in total. The minimum absolute atomic E-state index is 0.144. The Hall–Kier alpha value is -2.77. The van der Waals surface area contributed by atoms with Crippen molar-refractivity contribution in [2.45, 2.75) is 25.9 Å². The van der Waals surface area contributed by atoms with Gasteiger partial charge in [-0.1, -0.05) is 29.5 Å². The number of carbonyl (C=O) groups excluding carboxylic acids is 2. The molecule has 1 aromatic heterocycles. The Balaban J connectivity index is 1.55. The van der Waals surface area contributed by atoms with Crippen LogP contribution in [0.4, 0.5) is 10.8 Å². The van der Waals surface area contributed by atoms with Crippen LogP contribution in [0.15, 0.2) is 48.5 Å². The predicted octanol–water partition coefficient (Wildman–Crippen LogP) is 4.08. The predicted molar refractivity (Wildman–Crippen MR) is 111 cm³/mol. The SMILES string of the molecule is CCN(C(=O)c1cccc(NC(=O)[C@H]2CCCO2)c1)c1nc2ccccc2s1. The number of benzene rings is 2. The zero-order valence-electron chi connectivity index (χ0n) is 15.6. The van der Waals surface area contributed by atoms with Crippen LogP contribution >= 0.6 is 11.3 Å². The van der Waals surface area contributed by atoms with Gasteiger partial charge in [0.05, 0.1) is 10.2 Å². The molecule has 0 bridgehead atoms. The minimum Gasteiger partial charge on any atom is -0.368 e. The standard InChI is InChI=1S/C21H21N3O3S/c1-2-24(21-23-16-9-3-4-11-18(16)28-21)20(26)14-7-5-8-15(13-14)22-19(25)17-10-6-12-27-17/h3-5,7-9,11,13,17H,2,6,10,12H2,1H3,(H,22,25)/t17-/m1/s1. The van der Waals surface area contributed by atoms with Crippen molar-refractivity contribution < 1.29 is 14.3 Å². The number of hydrogen-bond donors (Lipinski definition) is 1. The van der Waals surface area contributed by atoms with Gasteiger partial charge >= 0.3 is 0 Å². The maximum Gasteiger partial charge on any atom is 0.260 e. The third-order valence-electron chi connectivity index (χ3n) is 4.67. The van der Waals surface area contributed by atoms with E-state index < -0.39 is 6.10 Å². The molecule has 4 rings (SSSR count). The van der Waals surface area contributed by atoms with E-state index in [0.717, 1.165) is 23.1 Å². The number of hydrogen-bond acceptors (Lipinski definition) is 5. The van der Waals surface area contributed by atoms with E-state index in [-0.39, 0.29) is 11.8 Å². The topological polar surface area (TPSA) is 71.5 Å². The molecule has 144 valence electrons. The number of amides is 2. The number of nitrogens with one attached hydrogen (secondary N) is 1. The van der Waals surface area contributed by atoms with Crippen molar-refractivity contribution in [2.75, 3.05) is 23.4 Å². The van der Waals surface area contributed by atoms with Crippen molar-refractivity contribution in [3.63, 3.8) is 0 Å². The summed E-state index contributed by atoms with van der Waals surface area (Å²) in [7, 11) is 0. The van der Waals surface area contributed by atoms with Gasteiger partial charge < -0.3 is 10.1 Å². The van der Waals surface area contributed by atoms with Crippen LogP contribution in [-0.4, -0.2) is 36.1 Å². The van der Waals surface area contributed by atoms with Crippen LogP contribution in [0.2, 0.25) is 0 Å². The molecule has 1 fully saturated rings. The summed E-state index contributed by atoms with van der Waals surface area (Å²) in [5.74, 6) is -0.310. The van der Waals surface area contributed by atoms with Gasteiger partial charge in [-0.05, 0) is 50.1 Å². The number of thiazole rings is 1. The number of aromatic nitrogens is 1. The van der Waals surface area contributed by atoms with Crippen molar-refractivity contribution in [3.8, 4) is 0 Å². The Morgan fingerprint density at radius 1 is 1.25 bits per heavy atom. The van der Waals surface area contributed by atoms with E-state index in [9.17, 15) is 9.59 Å². The Morgan fingerprint density at radius 2 is 2.11 bits per heavy atom. The van der Waals surface area contributed by atoms with E-state index in [2.05, 4.69) is 10.3 Å². The molecular weight excluding hydrogens is 374 g/mol. The smallest absolute Gasteiger partial charge is 0.260 e. The molecule has 1 N–H and O–H groups in total. The average Bonchev–Trinajstić information content (AvgIpc) is 3.38. The molecule has 0 aliphatic carbocycles. The summed E-state index contributed by atoms with van der Waals surface area (Å²) in [4.78, 5) is 31.6. The number of ether oxygens (including phenoxy) is 1. The highest BCUT2D eigenvalue weighted by atomic mass is 32.1. The van der Waals surface area contributed by atoms with Gasteiger partial charge in [-0.15, -0.1) is 0 Å². The fourth-order valence-electron chi connectivity index (χ4n) is 3.23. The largest absolute Gasteiger partial charge is 0.368 e. The lowest BCUT2D eigenvalue weighted by atomic mass is 10.1. The third-order valence-corrected chi connectivity index (χ3v) is 5.73. The van der Waals surface area contributed by atoms with E-state index in [0.29, 0.717) is 29.5 Å². The highest BCUT2D eigenvalue weighted by Gasteiger charge is 2.24. The van der Waals surface area contributed by atoms with Crippen LogP contribution in [0.3, 0.4) is 0 Å². The second-order valence-corrected chi connectivity index (χ2v) is 7.59. The summed E-state index contributed by atoms with van der Waals surface area (Å²) in [6, 6.07) is 14.8. The summed E-state index contributed by atoms with van der Waals surface area (Å²) in [6.07, 6.45) is 1.21. The minimum atomic E-state index is -0.408. The number of fused-ring (bicyclic) bond motifs is 1. The first kappa shape index (κ1) is 18.6. The maximum absolute atomic E-state index is 13.1. The van der Waals surface area contributed by atoms with Crippen molar-refractivity contribution >= 4 is 44.2 Å². The van der Waals surface area contributed by atoms with Gasteiger partial charge in [0.2, 0.25) is 0 Å². The zero-order valence-corrected chi connectivity index (χ0v) is 16.4. The van der Waals surface area contributed by atoms with E-state index in [4.69, 9.17) is 4.74 Å². The van der Waals surface area contributed by atoms with Gasteiger partial charge in [-0.2, -0.15) is 0 Å². The van der Waals surface area contributed by atoms with E-state index in [1.165, 1.54) is 11.3 Å². The first-order valence-electron chi connectivity index (χ1n) is 9.35. The fraction of sp³-hybridized carbons (Fsp3) is 0.286. The first-order valence-corrected chi connectivity index (χ1v) is 10.2. The molecule has 0 saturated carbocycles. The van der Waals surface area contributed by atoms with Gasteiger partial charge in [0.1, 0.15) is 6.10 Å². The summed E-state index contributed by atoms with van der Waals surface area (Å²) >= 11 is 1.49. The van der Waals surface area contributed by atoms with Gasteiger partial charge in [-0.25, -0.2) is 4.98 Å². The summed E-state index contributed by atoms with van der Waals surface area (Å²) in [6.45, 7) is 3.04. The summed E-state index contributed by atoms with van der Waals surface area (Å²) in [5.41, 5.74) is 1.98. The molecule has 0 spiro atoms. The number of anilines is 2. The van der Waals surface area contributed by atoms with Gasteiger partial charge in [0.25, 0.3) is 11.8 Å². The lowest BCUT2D eigenvalue weighted by molar-refractivity contribution is -0.124. The van der Waals surface area contributed by atoms with Crippen LogP contribution in [-0.2, 0) is 9.53 Å². The van der Waals surface area contributed by atoms with Gasteiger partial charge in [0.15, 0.2) is 5.13 Å². The first-order chi connectivity index (χ1) is 13.7. The highest BCUT2D eigenvalue weighted by molar-refractivity contribution is 7.22. The van der Waals surface area contributed by atoms with Gasteiger partial charge in [0, 0.05) is 24.4 Å². The maximum atomic E-state index is 13.1. The average molecular weight is 395 g/mol. The van der Waals surface area contributed by atoms with Crippen LogP contribution in [0.1, 0.15) is 30.1 Å². The van der Waals surface area contributed by atoms with Crippen molar-refractivity contribution in [1.82, 2.24) is 4.98 Å². The Labute approximate surface area is 167 Å². The third kappa shape index (κ3) is 3.76. The number of carbonyl (C=O) groups is 2. The quantitative estimate of drug-likeness (QED) is 0.707. The molecule has 0 unspecified atom stereocenters. The zero-order chi connectivity index (χ0) is 19.5. The Kier molecular flexibility index (Phi) is 5.36. The van der Waals surface area contributed by atoms with Crippen molar-refractivity contribution in [3.05, 3.63) is 54.1 Å². The van der Waals surface area contributed by atoms with Gasteiger partial charge in [-0.3, -0.25) is 14.5 Å². The number of rotatable bonds is 5. The summed E-state index contributed by atoms with van der Waals surface area (Å²) in [5, 5.41) is 3.52. The molecule has 2 aromatic carbocycles. The molecule has 1 aliphatic rings. The lowest BCUT2D eigenvalue weighted by Gasteiger charge is -2.18. The number of nitrogens with zero attached hydrogens (tertiary/aromatic N) is 2. The Morgan fingerprint density at radius 3 is 2.86 bits per heavy atom. The lowest BCUT2D eigenvalue weighted by Crippen LogP contribution is -2.31. The summed E-state index contributed by atoms with van der Waals surface area (Å²) < 4.78 is 6.46. The molecule has 7 heteroatoms. The van der Waals surface area contributed by atoms with E-state index in [1.807, 2.05) is 31.2 Å². The highest BCUT2D eigenvalue weighted by Crippen LogP contribution is 2.29. The second-order valence-electron chi connectivity index (χ2n) is 6.59. The monoisotopic (exact) mass is 395 g/mol. The molecule has 28 heavy (non-hydrogen) atoms. The Bertz CT molecular complexity index is 978. The second kappa shape index (κ2) is 8.08. The number of para-hydroxylation sites is 1. The van der Waals surface area contributed by atoms with E-state index >= 15 is 0 Å². The molecule has 1 saturated heterocycles. The van der Waals surface area contributed by atoms with Crippen LogP contribution < -0.4 is 10.2 Å². The molecule has 1 aliphatic heterocycles. The molecule has 2 heterocycles. The van der Waals surface area contributed by atoms with Crippen LogP contribution in [0.5, 0.6) is 0 Å². The van der Waals surface area contributed by atoms with Crippen molar-refractivity contribution in [2.24, 2.45) is 0 Å². The van der Waals surface area contributed by atoms with Crippen LogP contribution in [0, 0.1) is 0 Å². The fourth-order valence-corrected chi connectivity index (χ4v) is 4.26. The molecule has 1 atom stereocenters. The van der Waals surface area contributed by atoms with Crippen molar-refractivity contribution in [1.29, 1.82) is 0 Å².